The van der Waals surface area contributed by atoms with Gasteiger partial charge in [-0.3, -0.25) is 4.79 Å². The van der Waals surface area contributed by atoms with Gasteiger partial charge >= 0.3 is 0 Å². The predicted molar refractivity (Wildman–Crippen MR) is 119 cm³/mol. The van der Waals surface area contributed by atoms with Crippen molar-refractivity contribution < 1.29 is 9.53 Å². The molecule has 0 aliphatic rings. The van der Waals surface area contributed by atoms with Gasteiger partial charge in [0.1, 0.15) is 5.75 Å². The van der Waals surface area contributed by atoms with E-state index in [0.717, 1.165) is 27.5 Å². The number of carbonyl (C=O) groups excluding carboxylic acids is 1. The molecule has 2 aromatic heterocycles. The van der Waals surface area contributed by atoms with Gasteiger partial charge in [0.25, 0.3) is 0 Å². The number of thiazole rings is 1. The van der Waals surface area contributed by atoms with E-state index in [1.54, 1.807) is 0 Å². The zero-order valence-corrected chi connectivity index (χ0v) is 18.0. The average Bonchev–Trinajstić information content (AvgIpc) is 3.32. The minimum atomic E-state index is -0.00826. The summed E-state index contributed by atoms with van der Waals surface area (Å²) in [4.78, 5) is 17.7. The van der Waals surface area contributed by atoms with Crippen LogP contribution in [0.3, 0.4) is 0 Å². The first-order valence-electron chi connectivity index (χ1n) is 9.70. The number of rotatable bonds is 8. The lowest BCUT2D eigenvalue weighted by Gasteiger charge is -2.06. The van der Waals surface area contributed by atoms with E-state index in [4.69, 9.17) is 16.3 Å². The van der Waals surface area contributed by atoms with Crippen LogP contribution in [0.25, 0.3) is 16.3 Å². The molecule has 0 aliphatic carbocycles. The number of benzene rings is 2. The zero-order valence-electron chi connectivity index (χ0n) is 16.5. The van der Waals surface area contributed by atoms with Crippen molar-refractivity contribution in [2.24, 2.45) is 0 Å². The van der Waals surface area contributed by atoms with Gasteiger partial charge in [0.15, 0.2) is 5.82 Å². The van der Waals surface area contributed by atoms with Crippen molar-refractivity contribution in [1.29, 1.82) is 0 Å². The molecule has 0 unspecified atom stereocenters. The number of nitrogens with one attached hydrogen (secondary N) is 1. The van der Waals surface area contributed by atoms with Crippen LogP contribution < -0.4 is 10.1 Å². The second kappa shape index (κ2) is 9.28. The van der Waals surface area contributed by atoms with Crippen LogP contribution in [-0.4, -0.2) is 33.7 Å². The lowest BCUT2D eigenvalue weighted by atomic mass is 10.1. The molecule has 8 heteroatoms. The van der Waals surface area contributed by atoms with Crippen molar-refractivity contribution in [3.63, 3.8) is 0 Å². The Morgan fingerprint density at radius 3 is 2.67 bits per heavy atom. The fraction of sp³-hybridized carbons (Fsp3) is 0.227. The van der Waals surface area contributed by atoms with Crippen LogP contribution in [0, 0.1) is 0 Å². The van der Waals surface area contributed by atoms with Crippen LogP contribution in [0.2, 0.25) is 5.02 Å². The molecule has 2 aromatic carbocycles. The Kier molecular flexibility index (Phi) is 6.30. The van der Waals surface area contributed by atoms with Gasteiger partial charge in [-0.05, 0) is 48.9 Å². The van der Waals surface area contributed by atoms with E-state index >= 15 is 0 Å². The lowest BCUT2D eigenvalue weighted by Crippen LogP contribution is -2.27. The molecule has 0 atom stereocenters. The van der Waals surface area contributed by atoms with Crippen molar-refractivity contribution in [2.45, 2.75) is 19.8 Å². The first kappa shape index (κ1) is 20.4. The highest BCUT2D eigenvalue weighted by molar-refractivity contribution is 7.15. The van der Waals surface area contributed by atoms with Crippen LogP contribution in [0.1, 0.15) is 18.2 Å². The highest BCUT2D eigenvalue weighted by atomic mass is 35.5. The van der Waals surface area contributed by atoms with Crippen molar-refractivity contribution in [2.75, 3.05) is 13.2 Å². The minimum Gasteiger partial charge on any atom is -0.494 e. The average molecular weight is 441 g/mol. The van der Waals surface area contributed by atoms with E-state index < -0.39 is 0 Å². The first-order chi connectivity index (χ1) is 14.6. The van der Waals surface area contributed by atoms with Crippen LogP contribution >= 0.6 is 22.9 Å². The van der Waals surface area contributed by atoms with Crippen molar-refractivity contribution in [1.82, 2.24) is 19.9 Å². The highest BCUT2D eigenvalue weighted by Gasteiger charge is 2.12. The quantitative estimate of drug-likeness (QED) is 0.440. The first-order valence-corrected chi connectivity index (χ1v) is 11.0. The molecule has 0 saturated heterocycles. The summed E-state index contributed by atoms with van der Waals surface area (Å²) in [7, 11) is 0. The summed E-state index contributed by atoms with van der Waals surface area (Å²) in [6, 6.07) is 15.1. The third-order valence-corrected chi connectivity index (χ3v) is 5.67. The molecule has 0 fully saturated rings. The number of nitrogens with zero attached hydrogens (tertiary/aromatic N) is 3. The molecule has 2 heterocycles. The molecule has 4 aromatic rings. The van der Waals surface area contributed by atoms with Crippen LogP contribution in [0.15, 0.2) is 53.9 Å². The standard InChI is InChI=1S/C22H21ClN4O2S/c1-2-29-19-9-3-15(4-10-19)13-20(28)24-12-11-18-14-30-22-25-21(26-27(18)22)16-5-7-17(23)8-6-16/h3-10,14H,2,11-13H2,1H3,(H,24,28). The molecular weight excluding hydrogens is 420 g/mol. The van der Waals surface area contributed by atoms with E-state index in [1.165, 1.54) is 11.3 Å². The van der Waals surface area contributed by atoms with Crippen LogP contribution in [0.5, 0.6) is 5.75 Å². The number of halogens is 1. The Bertz CT molecular complexity index is 1140. The van der Waals surface area contributed by atoms with E-state index in [-0.39, 0.29) is 5.91 Å². The van der Waals surface area contributed by atoms with Gasteiger partial charge in [-0.2, -0.15) is 4.98 Å². The number of amides is 1. The largest absolute Gasteiger partial charge is 0.494 e. The molecule has 154 valence electrons. The van der Waals surface area contributed by atoms with Gasteiger partial charge < -0.3 is 10.1 Å². The SMILES string of the molecule is CCOc1ccc(CC(=O)NCCc2csc3nc(-c4ccc(Cl)cc4)nn23)cc1. The topological polar surface area (TPSA) is 68.5 Å². The molecule has 30 heavy (non-hydrogen) atoms. The van der Waals surface area contributed by atoms with Gasteiger partial charge in [-0.1, -0.05) is 23.7 Å². The zero-order chi connectivity index (χ0) is 20.9. The molecule has 0 radical (unpaired) electrons. The number of hydrogen-bond acceptors (Lipinski definition) is 5. The molecule has 0 aliphatic heterocycles. The summed E-state index contributed by atoms with van der Waals surface area (Å²) in [5.41, 5.74) is 2.90. The summed E-state index contributed by atoms with van der Waals surface area (Å²) in [5, 5.41) is 10.3. The molecule has 4 rings (SSSR count). The summed E-state index contributed by atoms with van der Waals surface area (Å²) in [6.45, 7) is 3.11. The van der Waals surface area contributed by atoms with Crippen LogP contribution in [-0.2, 0) is 17.6 Å². The molecule has 1 amide bonds. The number of hydrogen-bond donors (Lipinski definition) is 1. The summed E-state index contributed by atoms with van der Waals surface area (Å²) < 4.78 is 7.26. The van der Waals surface area contributed by atoms with E-state index in [1.807, 2.05) is 65.4 Å². The van der Waals surface area contributed by atoms with E-state index in [2.05, 4.69) is 15.4 Å². The Morgan fingerprint density at radius 1 is 1.17 bits per heavy atom. The molecule has 6 nitrogen and oxygen atoms in total. The van der Waals surface area contributed by atoms with Gasteiger partial charge in [-0.25, -0.2) is 4.52 Å². The van der Waals surface area contributed by atoms with E-state index in [0.29, 0.717) is 36.8 Å². The number of fused-ring (bicyclic) bond motifs is 1. The maximum atomic E-state index is 12.2. The third kappa shape index (κ3) is 4.80. The van der Waals surface area contributed by atoms with Crippen molar-refractivity contribution >= 4 is 33.8 Å². The Balaban J connectivity index is 1.33. The predicted octanol–water partition coefficient (Wildman–Crippen LogP) is 4.41. The number of ether oxygens (including phenoxy) is 1. The monoisotopic (exact) mass is 440 g/mol. The van der Waals surface area contributed by atoms with Gasteiger partial charge in [0.2, 0.25) is 10.9 Å². The van der Waals surface area contributed by atoms with Crippen molar-refractivity contribution in [3.8, 4) is 17.1 Å². The molecule has 0 spiro atoms. The smallest absolute Gasteiger partial charge is 0.224 e. The Hall–Kier alpha value is -2.90. The maximum Gasteiger partial charge on any atom is 0.224 e. The second-order valence-corrected chi connectivity index (χ2v) is 7.99. The molecule has 0 bridgehead atoms. The molecular formula is C22H21ClN4O2S. The van der Waals surface area contributed by atoms with Gasteiger partial charge in [0.05, 0.1) is 18.7 Å². The Labute approximate surface area is 183 Å². The fourth-order valence-electron chi connectivity index (χ4n) is 3.07. The van der Waals surface area contributed by atoms with Gasteiger partial charge in [0, 0.05) is 28.9 Å². The van der Waals surface area contributed by atoms with Crippen molar-refractivity contribution in [3.05, 3.63) is 70.2 Å². The molecule has 0 saturated carbocycles. The summed E-state index contributed by atoms with van der Waals surface area (Å²) >= 11 is 7.49. The third-order valence-electron chi connectivity index (χ3n) is 4.55. The minimum absolute atomic E-state index is 0.00826. The van der Waals surface area contributed by atoms with Gasteiger partial charge in [-0.15, -0.1) is 16.4 Å². The number of aromatic nitrogens is 3. The maximum absolute atomic E-state index is 12.2. The fourth-order valence-corrected chi connectivity index (χ4v) is 4.05. The summed E-state index contributed by atoms with van der Waals surface area (Å²) in [5.74, 6) is 1.47. The summed E-state index contributed by atoms with van der Waals surface area (Å²) in [6.07, 6.45) is 1.02. The lowest BCUT2D eigenvalue weighted by molar-refractivity contribution is -0.120. The number of carbonyl (C=O) groups is 1. The van der Waals surface area contributed by atoms with E-state index in [9.17, 15) is 4.79 Å². The molecule has 1 N–H and O–H groups in total. The second-order valence-electron chi connectivity index (χ2n) is 6.72. The Morgan fingerprint density at radius 2 is 1.93 bits per heavy atom. The van der Waals surface area contributed by atoms with Crippen LogP contribution in [0.4, 0.5) is 0 Å². The highest BCUT2D eigenvalue weighted by Crippen LogP contribution is 2.22. The normalized spacial score (nSPS) is 11.0.